The average molecular weight is 536 g/mol. The first kappa shape index (κ1) is 31.0. The number of rotatable bonds is 18. The van der Waals surface area contributed by atoms with Gasteiger partial charge in [0.1, 0.15) is 30.6 Å². The zero-order valence-corrected chi connectivity index (χ0v) is 22.3. The molecule has 0 saturated carbocycles. The first-order chi connectivity index (χ1) is 18.3. The lowest BCUT2D eigenvalue weighted by Crippen LogP contribution is -2.36. The molecule has 0 spiro atoms. The average Bonchev–Trinajstić information content (AvgIpc) is 2.89. The van der Waals surface area contributed by atoms with Gasteiger partial charge in [-0.25, -0.2) is 18.4 Å². The molecule has 210 valence electrons. The molecule has 9 heteroatoms. The number of nitrogens with zero attached hydrogens (tertiary/aromatic N) is 1. The Morgan fingerprint density at radius 2 is 1.66 bits per heavy atom. The fourth-order valence-corrected chi connectivity index (χ4v) is 3.88. The molecule has 1 atom stereocenters. The van der Waals surface area contributed by atoms with Crippen molar-refractivity contribution in [2.24, 2.45) is 0 Å². The number of aliphatic carboxylic acids is 1. The number of hydrogen-bond acceptors (Lipinski definition) is 5. The number of carboxylic acid groups (broad SMARTS) is 1. The Labute approximate surface area is 223 Å². The van der Waals surface area contributed by atoms with Crippen molar-refractivity contribution in [2.45, 2.75) is 71.5 Å². The molecular weight excluding hydrogens is 496 g/mol. The van der Waals surface area contributed by atoms with E-state index in [0.717, 1.165) is 49.8 Å². The molecule has 0 saturated heterocycles. The van der Waals surface area contributed by atoms with Gasteiger partial charge in [0.2, 0.25) is 0 Å². The molecule has 0 fully saturated rings. The molecule has 1 amide bonds. The first-order valence-corrected chi connectivity index (χ1v) is 13.3. The monoisotopic (exact) mass is 535 g/mol. The lowest BCUT2D eigenvalue weighted by atomic mass is 10.1. The Kier molecular flexibility index (Phi) is 14.2. The van der Waals surface area contributed by atoms with Crippen LogP contribution >= 0.6 is 0 Å². The van der Waals surface area contributed by atoms with Crippen LogP contribution in [0.5, 0.6) is 5.75 Å². The van der Waals surface area contributed by atoms with E-state index in [1.807, 2.05) is 0 Å². The highest BCUT2D eigenvalue weighted by Gasteiger charge is 2.18. The second-order valence-electron chi connectivity index (χ2n) is 9.02. The number of unbranched alkanes of at least 4 members (excludes halogenated alkanes) is 5. The fraction of sp³-hybridized carbons (Fsp3) is 0.517. The Morgan fingerprint density at radius 1 is 0.947 bits per heavy atom. The summed E-state index contributed by atoms with van der Waals surface area (Å²) in [6, 6.07) is 10.2. The van der Waals surface area contributed by atoms with E-state index >= 15 is 0 Å². The van der Waals surface area contributed by atoms with Crippen LogP contribution in [0.15, 0.2) is 42.5 Å². The highest BCUT2D eigenvalue weighted by molar-refractivity contribution is 5.72. The lowest BCUT2D eigenvalue weighted by Gasteiger charge is -2.22. The van der Waals surface area contributed by atoms with Crippen LogP contribution in [0.1, 0.15) is 63.5 Å². The van der Waals surface area contributed by atoms with Crippen LogP contribution in [0, 0.1) is 11.6 Å². The van der Waals surface area contributed by atoms with Crippen LogP contribution in [0.25, 0.3) is 0 Å². The lowest BCUT2D eigenvalue weighted by molar-refractivity contribution is -0.149. The number of benzene rings is 2. The minimum Gasteiger partial charge on any atom is -0.492 e. The van der Waals surface area contributed by atoms with Crippen LogP contribution in [-0.4, -0.2) is 54.5 Å². The van der Waals surface area contributed by atoms with Crippen LogP contribution < -0.4 is 4.74 Å². The molecule has 2 aromatic rings. The van der Waals surface area contributed by atoms with E-state index in [1.165, 1.54) is 17.4 Å². The van der Waals surface area contributed by atoms with Crippen molar-refractivity contribution in [2.75, 3.05) is 26.3 Å². The standard InChI is InChI=1S/C29H39F2NO6/c1-3-5-6-7-8-9-16-32(29(35)38-21-23-12-13-24(30)20-26(23)31)17-18-37-25-14-10-22(11-15-25)19-27(28(33)34)36-4-2/h10-15,20,27H,3-9,16-19,21H2,1-2H3,(H,33,34). The molecule has 0 aliphatic heterocycles. The number of halogens is 2. The summed E-state index contributed by atoms with van der Waals surface area (Å²) in [5.74, 6) is -1.88. The van der Waals surface area contributed by atoms with Crippen molar-refractivity contribution in [3.05, 3.63) is 65.2 Å². The SMILES string of the molecule is CCCCCCCCN(CCOc1ccc(CC(OCC)C(=O)O)cc1)C(=O)OCc1ccc(F)cc1F. The van der Waals surface area contributed by atoms with Crippen molar-refractivity contribution in [3.63, 3.8) is 0 Å². The molecule has 2 rings (SSSR count). The zero-order chi connectivity index (χ0) is 27.8. The molecule has 0 heterocycles. The van der Waals surface area contributed by atoms with Crippen molar-refractivity contribution in [3.8, 4) is 5.75 Å². The molecule has 7 nitrogen and oxygen atoms in total. The summed E-state index contributed by atoms with van der Waals surface area (Å²) in [5.41, 5.74) is 0.907. The Balaban J connectivity index is 1.89. The quantitative estimate of drug-likeness (QED) is 0.223. The number of hydrogen-bond donors (Lipinski definition) is 1. The van der Waals surface area contributed by atoms with Crippen LogP contribution in [0.4, 0.5) is 13.6 Å². The predicted octanol–water partition coefficient (Wildman–Crippen LogP) is 6.38. The van der Waals surface area contributed by atoms with E-state index in [-0.39, 0.29) is 31.7 Å². The number of amides is 1. The third-order valence-corrected chi connectivity index (χ3v) is 6.02. The second kappa shape index (κ2) is 17.3. The van der Waals surface area contributed by atoms with Gasteiger partial charge in [-0.05, 0) is 43.2 Å². The molecule has 1 unspecified atom stereocenters. The Hall–Kier alpha value is -3.20. The van der Waals surface area contributed by atoms with Gasteiger partial charge in [0.05, 0.1) is 6.54 Å². The number of ether oxygens (including phenoxy) is 3. The smallest absolute Gasteiger partial charge is 0.410 e. The minimum atomic E-state index is -1.01. The summed E-state index contributed by atoms with van der Waals surface area (Å²) in [5, 5.41) is 9.25. The third-order valence-electron chi connectivity index (χ3n) is 6.02. The van der Waals surface area contributed by atoms with Gasteiger partial charge in [-0.1, -0.05) is 51.2 Å². The van der Waals surface area contributed by atoms with E-state index in [9.17, 15) is 23.5 Å². The third kappa shape index (κ3) is 11.5. The van der Waals surface area contributed by atoms with Gasteiger partial charge in [0.25, 0.3) is 0 Å². The van der Waals surface area contributed by atoms with Crippen molar-refractivity contribution in [1.82, 2.24) is 4.90 Å². The molecule has 38 heavy (non-hydrogen) atoms. The highest BCUT2D eigenvalue weighted by atomic mass is 19.1. The maximum atomic E-state index is 13.9. The van der Waals surface area contributed by atoms with Gasteiger partial charge in [0, 0.05) is 31.2 Å². The minimum absolute atomic E-state index is 0.102. The number of carbonyl (C=O) groups excluding carboxylic acids is 1. The summed E-state index contributed by atoms with van der Waals surface area (Å²) in [4.78, 5) is 25.6. The molecular formula is C29H39F2NO6. The van der Waals surface area contributed by atoms with Gasteiger partial charge in [-0.2, -0.15) is 0 Å². The van der Waals surface area contributed by atoms with Crippen molar-refractivity contribution in [1.29, 1.82) is 0 Å². The summed E-state index contributed by atoms with van der Waals surface area (Å²) in [7, 11) is 0. The highest BCUT2D eigenvalue weighted by Crippen LogP contribution is 2.16. The molecule has 0 aromatic heterocycles. The molecule has 0 radical (unpaired) electrons. The molecule has 1 N–H and O–H groups in total. The van der Waals surface area contributed by atoms with Crippen molar-refractivity contribution < 1.29 is 37.7 Å². The number of carboxylic acids is 1. The van der Waals surface area contributed by atoms with E-state index < -0.39 is 29.8 Å². The maximum absolute atomic E-state index is 13.9. The second-order valence-corrected chi connectivity index (χ2v) is 9.02. The number of carbonyl (C=O) groups is 2. The zero-order valence-electron chi connectivity index (χ0n) is 22.3. The van der Waals surface area contributed by atoms with Gasteiger partial charge < -0.3 is 24.2 Å². The largest absolute Gasteiger partial charge is 0.492 e. The fourth-order valence-electron chi connectivity index (χ4n) is 3.88. The Morgan fingerprint density at radius 3 is 2.32 bits per heavy atom. The topological polar surface area (TPSA) is 85.3 Å². The van der Waals surface area contributed by atoms with E-state index in [4.69, 9.17) is 14.2 Å². The molecule has 0 aliphatic rings. The Bertz CT molecular complexity index is 986. The van der Waals surface area contributed by atoms with Crippen LogP contribution in [0.3, 0.4) is 0 Å². The van der Waals surface area contributed by atoms with Crippen LogP contribution in [-0.2, 0) is 27.3 Å². The van der Waals surface area contributed by atoms with E-state index in [1.54, 1.807) is 31.2 Å². The molecule has 2 aromatic carbocycles. The maximum Gasteiger partial charge on any atom is 0.410 e. The van der Waals surface area contributed by atoms with Gasteiger partial charge >= 0.3 is 12.1 Å². The summed E-state index contributed by atoms with van der Waals surface area (Å²) in [6.45, 7) is 4.89. The van der Waals surface area contributed by atoms with E-state index in [0.29, 0.717) is 18.9 Å². The summed E-state index contributed by atoms with van der Waals surface area (Å²) < 4.78 is 43.4. The summed E-state index contributed by atoms with van der Waals surface area (Å²) >= 11 is 0. The molecule has 0 aliphatic carbocycles. The van der Waals surface area contributed by atoms with Gasteiger partial charge in [-0.3, -0.25) is 0 Å². The van der Waals surface area contributed by atoms with Gasteiger partial charge in [-0.15, -0.1) is 0 Å². The van der Waals surface area contributed by atoms with Crippen molar-refractivity contribution >= 4 is 12.1 Å². The van der Waals surface area contributed by atoms with Gasteiger partial charge in [0.15, 0.2) is 6.10 Å². The van der Waals surface area contributed by atoms with E-state index in [2.05, 4.69) is 6.92 Å². The predicted molar refractivity (Wildman–Crippen MR) is 140 cm³/mol. The molecule has 0 bridgehead atoms. The summed E-state index contributed by atoms with van der Waals surface area (Å²) in [6.07, 6.45) is 5.13. The van der Waals surface area contributed by atoms with Crippen LogP contribution in [0.2, 0.25) is 0 Å². The first-order valence-electron chi connectivity index (χ1n) is 13.3. The normalized spacial score (nSPS) is 11.7.